The van der Waals surface area contributed by atoms with E-state index in [2.05, 4.69) is 0 Å². The Labute approximate surface area is 99.4 Å². The van der Waals surface area contributed by atoms with E-state index in [1.165, 1.54) is 0 Å². The van der Waals surface area contributed by atoms with Crippen LogP contribution in [0.3, 0.4) is 0 Å². The lowest BCUT2D eigenvalue weighted by molar-refractivity contribution is -0.212. The minimum Gasteiger partial charge on any atom is -0.389 e. The Balaban J connectivity index is 1.81. The molecule has 0 amide bonds. The van der Waals surface area contributed by atoms with Crippen molar-refractivity contribution in [2.24, 2.45) is 23.7 Å². The van der Waals surface area contributed by atoms with E-state index in [4.69, 9.17) is 0 Å². The smallest absolute Gasteiger partial charge is 0.389 e. The summed E-state index contributed by atoms with van der Waals surface area (Å²) in [5.41, 5.74) is -0.959. The molecule has 3 rings (SSSR count). The molecule has 3 fully saturated rings. The summed E-state index contributed by atoms with van der Waals surface area (Å²) >= 11 is 0. The Morgan fingerprint density at radius 1 is 0.824 bits per heavy atom. The molecule has 1 nitrogen and oxygen atoms in total. The number of hydrogen-bond donors (Lipinski definition) is 1. The van der Waals surface area contributed by atoms with Gasteiger partial charge in [-0.2, -0.15) is 13.2 Å². The maximum atomic E-state index is 13.0. The predicted molar refractivity (Wildman–Crippen MR) is 57.3 cm³/mol. The molecule has 0 heterocycles. The predicted octanol–water partition coefficient (Wildman–Crippen LogP) is 3.52. The SMILES string of the molecule is OC1(C2CCCCC2C(F)(F)F)C2CCCC21. The van der Waals surface area contributed by atoms with Crippen LogP contribution in [0.4, 0.5) is 13.2 Å². The van der Waals surface area contributed by atoms with Crippen LogP contribution in [0, 0.1) is 23.7 Å². The normalized spacial score (nSPS) is 50.1. The van der Waals surface area contributed by atoms with E-state index in [0.29, 0.717) is 12.8 Å². The number of halogens is 3. The van der Waals surface area contributed by atoms with Crippen LogP contribution in [0.25, 0.3) is 0 Å². The van der Waals surface area contributed by atoms with Crippen LogP contribution in [-0.2, 0) is 0 Å². The van der Waals surface area contributed by atoms with Crippen molar-refractivity contribution >= 4 is 0 Å². The van der Waals surface area contributed by atoms with Gasteiger partial charge in [0.25, 0.3) is 0 Å². The number of hydrogen-bond acceptors (Lipinski definition) is 1. The van der Waals surface area contributed by atoms with Crippen LogP contribution in [0.5, 0.6) is 0 Å². The molecule has 4 unspecified atom stereocenters. The molecule has 1 N–H and O–H groups in total. The molecule has 4 atom stereocenters. The first-order valence-corrected chi connectivity index (χ1v) is 6.74. The first-order valence-electron chi connectivity index (χ1n) is 6.74. The summed E-state index contributed by atoms with van der Waals surface area (Å²) in [6, 6.07) is 0. The molecule has 0 bridgehead atoms. The van der Waals surface area contributed by atoms with E-state index < -0.39 is 23.6 Å². The largest absolute Gasteiger partial charge is 0.392 e. The van der Waals surface area contributed by atoms with Gasteiger partial charge in [0.05, 0.1) is 11.5 Å². The maximum absolute atomic E-state index is 13.0. The summed E-state index contributed by atoms with van der Waals surface area (Å²) < 4.78 is 39.0. The van der Waals surface area contributed by atoms with Crippen molar-refractivity contribution in [2.45, 2.75) is 56.7 Å². The van der Waals surface area contributed by atoms with Gasteiger partial charge in [-0.15, -0.1) is 0 Å². The van der Waals surface area contributed by atoms with Crippen LogP contribution in [0.15, 0.2) is 0 Å². The van der Waals surface area contributed by atoms with Crippen molar-refractivity contribution in [3.63, 3.8) is 0 Å². The number of fused-ring (bicyclic) bond motifs is 1. The van der Waals surface area contributed by atoms with E-state index in [-0.39, 0.29) is 18.3 Å². The van der Waals surface area contributed by atoms with Gasteiger partial charge in [-0.25, -0.2) is 0 Å². The lowest BCUT2D eigenvalue weighted by atomic mass is 9.72. The first-order chi connectivity index (χ1) is 7.95. The monoisotopic (exact) mass is 248 g/mol. The summed E-state index contributed by atoms with van der Waals surface area (Å²) in [5.74, 6) is -1.43. The second kappa shape index (κ2) is 3.62. The zero-order chi connectivity index (χ0) is 12.3. The third kappa shape index (κ3) is 1.63. The molecule has 3 saturated carbocycles. The molecular weight excluding hydrogens is 229 g/mol. The maximum Gasteiger partial charge on any atom is 0.392 e. The highest BCUT2D eigenvalue weighted by atomic mass is 19.4. The van der Waals surface area contributed by atoms with Crippen molar-refractivity contribution in [3.8, 4) is 0 Å². The second-order valence-corrected chi connectivity index (χ2v) is 6.07. The Kier molecular flexibility index (Phi) is 2.52. The Bertz CT molecular complexity index is 302. The molecule has 0 aromatic heterocycles. The van der Waals surface area contributed by atoms with E-state index in [1.807, 2.05) is 0 Å². The molecule has 3 aliphatic rings. The second-order valence-electron chi connectivity index (χ2n) is 6.07. The highest BCUT2D eigenvalue weighted by molar-refractivity contribution is 5.19. The lowest BCUT2D eigenvalue weighted by Gasteiger charge is -2.38. The molecule has 0 aliphatic heterocycles. The topological polar surface area (TPSA) is 20.2 Å². The molecule has 0 spiro atoms. The molecule has 3 aliphatic carbocycles. The third-order valence-corrected chi connectivity index (χ3v) is 5.38. The minimum atomic E-state index is -4.13. The van der Waals surface area contributed by atoms with Crippen molar-refractivity contribution in [1.29, 1.82) is 0 Å². The first kappa shape index (κ1) is 11.8. The molecule has 17 heavy (non-hydrogen) atoms. The van der Waals surface area contributed by atoms with E-state index in [1.54, 1.807) is 0 Å². The average molecular weight is 248 g/mol. The van der Waals surface area contributed by atoms with Crippen molar-refractivity contribution in [2.75, 3.05) is 0 Å². The van der Waals surface area contributed by atoms with Gasteiger partial charge >= 0.3 is 6.18 Å². The van der Waals surface area contributed by atoms with Gasteiger partial charge in [0.15, 0.2) is 0 Å². The highest BCUT2D eigenvalue weighted by Gasteiger charge is 2.71. The van der Waals surface area contributed by atoms with Crippen LogP contribution in [0.1, 0.15) is 44.9 Å². The van der Waals surface area contributed by atoms with E-state index in [0.717, 1.165) is 25.7 Å². The highest BCUT2D eigenvalue weighted by Crippen LogP contribution is 2.67. The van der Waals surface area contributed by atoms with Gasteiger partial charge in [-0.3, -0.25) is 0 Å². The zero-order valence-corrected chi connectivity index (χ0v) is 9.84. The fourth-order valence-corrected chi connectivity index (χ4v) is 4.59. The van der Waals surface area contributed by atoms with Crippen LogP contribution >= 0.6 is 0 Å². The summed E-state index contributed by atoms with van der Waals surface area (Å²) in [7, 11) is 0. The fraction of sp³-hybridized carbons (Fsp3) is 1.00. The molecule has 0 aromatic carbocycles. The minimum absolute atomic E-state index is 0.176. The molecule has 0 radical (unpaired) electrons. The Morgan fingerprint density at radius 2 is 1.35 bits per heavy atom. The van der Waals surface area contributed by atoms with Crippen molar-refractivity contribution in [1.82, 2.24) is 0 Å². The van der Waals surface area contributed by atoms with Crippen LogP contribution in [-0.4, -0.2) is 16.9 Å². The summed E-state index contributed by atoms with van der Waals surface area (Å²) in [6.45, 7) is 0. The Morgan fingerprint density at radius 3 is 1.94 bits per heavy atom. The Hall–Kier alpha value is -0.250. The van der Waals surface area contributed by atoms with Gasteiger partial charge in [0.2, 0.25) is 0 Å². The van der Waals surface area contributed by atoms with Crippen LogP contribution < -0.4 is 0 Å². The summed E-state index contributed by atoms with van der Waals surface area (Å²) in [6.07, 6.45) is 1.11. The standard InChI is InChI=1S/C13H19F3O/c14-13(15,16)11-5-2-1-4-10(11)12(17)8-6-3-7-9(8)12/h8-11,17H,1-7H2. The molecule has 4 heteroatoms. The summed E-state index contributed by atoms with van der Waals surface area (Å²) in [4.78, 5) is 0. The van der Waals surface area contributed by atoms with Gasteiger partial charge in [0.1, 0.15) is 0 Å². The molecule has 98 valence electrons. The van der Waals surface area contributed by atoms with Crippen LogP contribution in [0.2, 0.25) is 0 Å². The van der Waals surface area contributed by atoms with Crippen molar-refractivity contribution in [3.05, 3.63) is 0 Å². The van der Waals surface area contributed by atoms with Gasteiger partial charge < -0.3 is 5.11 Å². The number of aliphatic hydroxyl groups is 1. The number of alkyl halides is 3. The lowest BCUT2D eigenvalue weighted by Crippen LogP contribution is -2.42. The van der Waals surface area contributed by atoms with Gasteiger partial charge in [0, 0.05) is 0 Å². The summed E-state index contributed by atoms with van der Waals surface area (Å²) in [5, 5.41) is 10.6. The fourth-order valence-electron chi connectivity index (χ4n) is 4.59. The third-order valence-electron chi connectivity index (χ3n) is 5.38. The van der Waals surface area contributed by atoms with E-state index in [9.17, 15) is 18.3 Å². The van der Waals surface area contributed by atoms with Crippen molar-refractivity contribution < 1.29 is 18.3 Å². The number of rotatable bonds is 1. The molecule has 0 saturated heterocycles. The van der Waals surface area contributed by atoms with Gasteiger partial charge in [-0.05, 0) is 43.4 Å². The zero-order valence-electron chi connectivity index (χ0n) is 9.84. The molecular formula is C13H19F3O. The quantitative estimate of drug-likeness (QED) is 0.752. The average Bonchev–Trinajstić information content (AvgIpc) is 2.67. The van der Waals surface area contributed by atoms with E-state index >= 15 is 0 Å². The molecule has 0 aromatic rings. The van der Waals surface area contributed by atoms with Gasteiger partial charge in [-0.1, -0.05) is 19.3 Å².